The van der Waals surface area contributed by atoms with Gasteiger partial charge in [-0.1, -0.05) is 60.4 Å². The van der Waals surface area contributed by atoms with Crippen LogP contribution in [0.4, 0.5) is 0 Å². The third-order valence-corrected chi connectivity index (χ3v) is 5.69. The Bertz CT molecular complexity index is 1320. The van der Waals surface area contributed by atoms with Gasteiger partial charge in [0.05, 0.1) is 42.7 Å². The Morgan fingerprint density at radius 2 is 0.647 bits per heavy atom. The molecule has 4 aromatic rings. The van der Waals surface area contributed by atoms with E-state index in [-0.39, 0.29) is 0 Å². The van der Waals surface area contributed by atoms with E-state index in [1.807, 2.05) is 48.5 Å². The molecular formula is C28H26O6. The Balaban J connectivity index is 2.09. The molecule has 0 bridgehead atoms. The molecule has 174 valence electrons. The van der Waals surface area contributed by atoms with Crippen molar-refractivity contribution in [3.8, 4) is 46.3 Å². The molecule has 0 aliphatic carbocycles. The second-order valence-electron chi connectivity index (χ2n) is 7.29. The standard InChI is InChI=1S/C28H26O6/c1-29-23-17-11-7-9-13-19(17)25(31-3)27(33-5)21(23)15-16-22-24(30-2)18-12-8-10-14-20(18)26(32-4)28(22)34-6/h7-14H,1-6H3. The molecule has 0 heterocycles. The fourth-order valence-corrected chi connectivity index (χ4v) is 4.28. The molecule has 6 heteroatoms. The molecule has 0 N–H and O–H groups in total. The summed E-state index contributed by atoms with van der Waals surface area (Å²) in [6.45, 7) is 0. The first kappa shape index (κ1) is 22.9. The number of benzene rings is 4. The lowest BCUT2D eigenvalue weighted by Gasteiger charge is -2.18. The molecule has 0 spiro atoms. The zero-order valence-corrected chi connectivity index (χ0v) is 20.1. The van der Waals surface area contributed by atoms with Crippen molar-refractivity contribution in [3.63, 3.8) is 0 Å². The molecule has 0 aromatic heterocycles. The zero-order chi connectivity index (χ0) is 24.2. The maximum absolute atomic E-state index is 5.79. The van der Waals surface area contributed by atoms with Gasteiger partial charge in [0, 0.05) is 21.5 Å². The van der Waals surface area contributed by atoms with Crippen LogP contribution in [0.3, 0.4) is 0 Å². The lowest BCUT2D eigenvalue weighted by atomic mass is 10.0. The summed E-state index contributed by atoms with van der Waals surface area (Å²) in [4.78, 5) is 0. The summed E-state index contributed by atoms with van der Waals surface area (Å²) in [5.41, 5.74) is 1.11. The lowest BCUT2D eigenvalue weighted by molar-refractivity contribution is 0.352. The molecule has 0 amide bonds. The first-order valence-electron chi connectivity index (χ1n) is 10.6. The number of hydrogen-bond acceptors (Lipinski definition) is 6. The summed E-state index contributed by atoms with van der Waals surface area (Å²) in [6, 6.07) is 15.6. The van der Waals surface area contributed by atoms with Crippen molar-refractivity contribution in [2.24, 2.45) is 0 Å². The first-order chi connectivity index (χ1) is 16.6. The van der Waals surface area contributed by atoms with Crippen LogP contribution in [0.1, 0.15) is 11.1 Å². The highest BCUT2D eigenvalue weighted by Gasteiger charge is 2.23. The third-order valence-electron chi connectivity index (χ3n) is 5.69. The summed E-state index contributed by atoms with van der Waals surface area (Å²) in [7, 11) is 9.59. The van der Waals surface area contributed by atoms with Gasteiger partial charge in [0.2, 0.25) is 0 Å². The summed E-state index contributed by atoms with van der Waals surface area (Å²) in [5, 5.41) is 3.46. The van der Waals surface area contributed by atoms with Gasteiger partial charge in [-0.15, -0.1) is 0 Å². The summed E-state index contributed by atoms with van der Waals surface area (Å²) < 4.78 is 34.5. The quantitative estimate of drug-likeness (QED) is 0.359. The first-order valence-corrected chi connectivity index (χ1v) is 10.6. The van der Waals surface area contributed by atoms with Gasteiger partial charge < -0.3 is 28.4 Å². The topological polar surface area (TPSA) is 55.4 Å². The number of hydrogen-bond donors (Lipinski definition) is 0. The van der Waals surface area contributed by atoms with Crippen LogP contribution >= 0.6 is 0 Å². The predicted octanol–water partition coefficient (Wildman–Crippen LogP) is 5.44. The highest BCUT2D eigenvalue weighted by atomic mass is 16.5. The summed E-state index contributed by atoms with van der Waals surface area (Å²) in [6.07, 6.45) is 0. The SMILES string of the molecule is COc1c(C#Cc2c(OC)c(OC)c3ccccc3c2OC)c(OC)c2ccccc2c1OC. The van der Waals surface area contributed by atoms with Crippen molar-refractivity contribution in [2.75, 3.05) is 42.7 Å². The normalized spacial score (nSPS) is 10.4. The van der Waals surface area contributed by atoms with Crippen LogP contribution in [0.2, 0.25) is 0 Å². The monoisotopic (exact) mass is 458 g/mol. The summed E-state index contributed by atoms with van der Waals surface area (Å²) in [5.74, 6) is 9.78. The van der Waals surface area contributed by atoms with E-state index in [0.29, 0.717) is 45.6 Å². The molecule has 0 aliphatic rings. The Morgan fingerprint density at radius 1 is 0.382 bits per heavy atom. The van der Waals surface area contributed by atoms with Crippen molar-refractivity contribution in [1.82, 2.24) is 0 Å². The Labute approximate surface area is 198 Å². The van der Waals surface area contributed by atoms with Crippen LogP contribution in [0.15, 0.2) is 48.5 Å². The molecule has 0 atom stereocenters. The highest BCUT2D eigenvalue weighted by Crippen LogP contribution is 2.47. The number of fused-ring (bicyclic) bond motifs is 2. The van der Waals surface area contributed by atoms with Gasteiger partial charge in [0.25, 0.3) is 0 Å². The van der Waals surface area contributed by atoms with Gasteiger partial charge in [-0.3, -0.25) is 0 Å². The molecule has 0 radical (unpaired) electrons. The van der Waals surface area contributed by atoms with E-state index < -0.39 is 0 Å². The number of rotatable bonds is 6. The lowest BCUT2D eigenvalue weighted by Crippen LogP contribution is -2.00. The van der Waals surface area contributed by atoms with Gasteiger partial charge in [-0.25, -0.2) is 0 Å². The van der Waals surface area contributed by atoms with Crippen molar-refractivity contribution in [2.45, 2.75) is 0 Å². The van der Waals surface area contributed by atoms with Gasteiger partial charge in [-0.05, 0) is 0 Å². The zero-order valence-electron chi connectivity index (χ0n) is 20.1. The minimum atomic E-state index is 0.483. The molecule has 6 nitrogen and oxygen atoms in total. The van der Waals surface area contributed by atoms with Crippen molar-refractivity contribution < 1.29 is 28.4 Å². The molecule has 0 saturated carbocycles. The van der Waals surface area contributed by atoms with Crippen molar-refractivity contribution in [1.29, 1.82) is 0 Å². The van der Waals surface area contributed by atoms with Gasteiger partial charge in [-0.2, -0.15) is 0 Å². The van der Waals surface area contributed by atoms with Crippen LogP contribution < -0.4 is 28.4 Å². The van der Waals surface area contributed by atoms with E-state index in [1.54, 1.807) is 42.7 Å². The molecule has 4 rings (SSSR count). The van der Waals surface area contributed by atoms with E-state index in [2.05, 4.69) is 11.8 Å². The van der Waals surface area contributed by atoms with E-state index in [9.17, 15) is 0 Å². The molecule has 0 aliphatic heterocycles. The second-order valence-corrected chi connectivity index (χ2v) is 7.29. The molecular weight excluding hydrogens is 432 g/mol. The fourth-order valence-electron chi connectivity index (χ4n) is 4.28. The maximum atomic E-state index is 5.79. The van der Waals surface area contributed by atoms with Crippen molar-refractivity contribution in [3.05, 3.63) is 59.7 Å². The maximum Gasteiger partial charge on any atom is 0.180 e. The Hall–Kier alpha value is -4.24. The van der Waals surface area contributed by atoms with E-state index in [1.165, 1.54) is 0 Å². The van der Waals surface area contributed by atoms with E-state index >= 15 is 0 Å². The Morgan fingerprint density at radius 3 is 0.912 bits per heavy atom. The average molecular weight is 459 g/mol. The van der Waals surface area contributed by atoms with Gasteiger partial charge in [0.1, 0.15) is 22.6 Å². The molecule has 4 aromatic carbocycles. The average Bonchev–Trinajstić information content (AvgIpc) is 2.89. The molecule has 0 saturated heterocycles. The van der Waals surface area contributed by atoms with E-state index in [0.717, 1.165) is 21.5 Å². The Kier molecular flexibility index (Phi) is 6.55. The smallest absolute Gasteiger partial charge is 0.180 e. The third kappa shape index (κ3) is 3.56. The highest BCUT2D eigenvalue weighted by molar-refractivity contribution is 6.00. The van der Waals surface area contributed by atoms with Crippen LogP contribution in [-0.4, -0.2) is 42.7 Å². The van der Waals surface area contributed by atoms with Crippen LogP contribution in [0.25, 0.3) is 21.5 Å². The largest absolute Gasteiger partial charge is 0.495 e. The van der Waals surface area contributed by atoms with Crippen LogP contribution in [-0.2, 0) is 0 Å². The fraction of sp³-hybridized carbons (Fsp3) is 0.214. The van der Waals surface area contributed by atoms with E-state index in [4.69, 9.17) is 28.4 Å². The molecule has 0 unspecified atom stereocenters. The van der Waals surface area contributed by atoms with Gasteiger partial charge in [0.15, 0.2) is 23.0 Å². The van der Waals surface area contributed by atoms with Crippen molar-refractivity contribution >= 4 is 21.5 Å². The van der Waals surface area contributed by atoms with Gasteiger partial charge >= 0.3 is 0 Å². The second kappa shape index (κ2) is 9.72. The van der Waals surface area contributed by atoms with Crippen LogP contribution in [0.5, 0.6) is 34.5 Å². The summed E-state index contributed by atoms with van der Waals surface area (Å²) >= 11 is 0. The van der Waals surface area contributed by atoms with Crippen LogP contribution in [0, 0.1) is 11.8 Å². The number of methoxy groups -OCH3 is 6. The minimum absolute atomic E-state index is 0.483. The predicted molar refractivity (Wildman–Crippen MR) is 133 cm³/mol. The minimum Gasteiger partial charge on any atom is -0.495 e. The molecule has 0 fully saturated rings. The number of ether oxygens (including phenoxy) is 6. The molecule has 34 heavy (non-hydrogen) atoms.